The molecule has 1 aliphatic heterocycles. The zero-order valence-corrected chi connectivity index (χ0v) is 15.2. The molecular formula is C18H27N3O2S. The number of carbonyl (C=O) groups is 2. The van der Waals surface area contributed by atoms with Gasteiger partial charge in [0.2, 0.25) is 5.91 Å². The topological polar surface area (TPSA) is 70.2 Å². The number of thioether (sulfide) groups is 1. The number of hydrogen-bond acceptors (Lipinski definition) is 4. The molecule has 0 saturated carbocycles. The van der Waals surface area contributed by atoms with E-state index in [0.29, 0.717) is 12.0 Å². The summed E-state index contributed by atoms with van der Waals surface area (Å²) in [6, 6.07) is 7.14. The first-order chi connectivity index (χ1) is 11.6. The average molecular weight is 350 g/mol. The second-order valence-corrected chi connectivity index (χ2v) is 7.20. The van der Waals surface area contributed by atoms with Crippen LogP contribution in [0.4, 0.5) is 0 Å². The van der Waals surface area contributed by atoms with Crippen molar-refractivity contribution in [3.63, 3.8) is 0 Å². The molecule has 1 atom stereocenters. The average Bonchev–Trinajstić information content (AvgIpc) is 2.59. The highest BCUT2D eigenvalue weighted by atomic mass is 32.2. The molecular weight excluding hydrogens is 322 g/mol. The van der Waals surface area contributed by atoms with Crippen molar-refractivity contribution in [2.24, 2.45) is 0 Å². The second-order valence-electron chi connectivity index (χ2n) is 6.21. The molecule has 1 aromatic rings. The van der Waals surface area contributed by atoms with Crippen molar-refractivity contribution in [2.75, 3.05) is 25.1 Å². The Morgan fingerprint density at radius 3 is 2.75 bits per heavy atom. The van der Waals surface area contributed by atoms with Crippen LogP contribution in [0.1, 0.15) is 35.2 Å². The van der Waals surface area contributed by atoms with E-state index in [0.717, 1.165) is 37.2 Å². The SMILES string of the molecule is CSCCC(NC(=O)c1cccc(C)c1)C(=O)NC1CCNCC1. The summed E-state index contributed by atoms with van der Waals surface area (Å²) >= 11 is 1.68. The van der Waals surface area contributed by atoms with E-state index in [1.54, 1.807) is 17.8 Å². The first-order valence-electron chi connectivity index (χ1n) is 8.47. The zero-order chi connectivity index (χ0) is 17.4. The Labute approximate surface area is 148 Å². The van der Waals surface area contributed by atoms with Crippen molar-refractivity contribution >= 4 is 23.6 Å². The number of hydrogen-bond donors (Lipinski definition) is 3. The van der Waals surface area contributed by atoms with Crippen molar-refractivity contribution in [2.45, 2.75) is 38.3 Å². The molecule has 0 bridgehead atoms. The third-order valence-electron chi connectivity index (χ3n) is 4.20. The van der Waals surface area contributed by atoms with Crippen molar-refractivity contribution in [1.82, 2.24) is 16.0 Å². The molecule has 2 amide bonds. The maximum atomic E-state index is 12.6. The van der Waals surface area contributed by atoms with E-state index >= 15 is 0 Å². The molecule has 24 heavy (non-hydrogen) atoms. The summed E-state index contributed by atoms with van der Waals surface area (Å²) in [7, 11) is 0. The molecule has 1 heterocycles. The summed E-state index contributed by atoms with van der Waals surface area (Å²) in [5.74, 6) is 0.570. The molecule has 0 aliphatic carbocycles. The molecule has 1 fully saturated rings. The van der Waals surface area contributed by atoms with Crippen LogP contribution in [0.25, 0.3) is 0 Å². The monoisotopic (exact) mass is 349 g/mol. The van der Waals surface area contributed by atoms with Gasteiger partial charge in [-0.2, -0.15) is 11.8 Å². The number of aryl methyl sites for hydroxylation is 1. The summed E-state index contributed by atoms with van der Waals surface area (Å²) in [5, 5.41) is 9.28. The van der Waals surface area contributed by atoms with Crippen LogP contribution >= 0.6 is 11.8 Å². The fraction of sp³-hybridized carbons (Fsp3) is 0.556. The molecule has 1 unspecified atom stereocenters. The fourth-order valence-corrected chi connectivity index (χ4v) is 3.27. The summed E-state index contributed by atoms with van der Waals surface area (Å²) in [5.41, 5.74) is 1.63. The van der Waals surface area contributed by atoms with Crippen molar-refractivity contribution in [1.29, 1.82) is 0 Å². The van der Waals surface area contributed by atoms with Crippen LogP contribution in [-0.4, -0.2) is 49.0 Å². The van der Waals surface area contributed by atoms with E-state index in [9.17, 15) is 9.59 Å². The Morgan fingerprint density at radius 2 is 2.08 bits per heavy atom. The lowest BCUT2D eigenvalue weighted by Gasteiger charge is -2.26. The van der Waals surface area contributed by atoms with E-state index in [2.05, 4.69) is 16.0 Å². The number of rotatable bonds is 7. The number of piperidine rings is 1. The van der Waals surface area contributed by atoms with Crippen LogP contribution in [0.2, 0.25) is 0 Å². The van der Waals surface area contributed by atoms with Crippen molar-refractivity contribution in [3.05, 3.63) is 35.4 Å². The number of carbonyl (C=O) groups excluding carboxylic acids is 2. The number of nitrogens with one attached hydrogen (secondary N) is 3. The Balaban J connectivity index is 1.98. The largest absolute Gasteiger partial charge is 0.351 e. The van der Waals surface area contributed by atoms with E-state index in [4.69, 9.17) is 0 Å². The van der Waals surface area contributed by atoms with Crippen molar-refractivity contribution in [3.8, 4) is 0 Å². The highest BCUT2D eigenvalue weighted by molar-refractivity contribution is 7.98. The third kappa shape index (κ3) is 5.83. The van der Waals surface area contributed by atoms with E-state index in [-0.39, 0.29) is 17.9 Å². The Kier molecular flexibility index (Phi) is 7.59. The van der Waals surface area contributed by atoms with Crippen LogP contribution in [0.15, 0.2) is 24.3 Å². The molecule has 2 rings (SSSR count). The van der Waals surface area contributed by atoms with Crippen LogP contribution in [0.5, 0.6) is 0 Å². The molecule has 0 radical (unpaired) electrons. The van der Waals surface area contributed by atoms with Gasteiger partial charge in [0.15, 0.2) is 0 Å². The summed E-state index contributed by atoms with van der Waals surface area (Å²) in [6.45, 7) is 3.80. The van der Waals surface area contributed by atoms with E-state index in [1.165, 1.54) is 0 Å². The predicted octanol–water partition coefficient (Wildman–Crippen LogP) is 1.71. The minimum atomic E-state index is -0.486. The number of benzene rings is 1. The van der Waals surface area contributed by atoms with Crippen LogP contribution in [0, 0.1) is 6.92 Å². The van der Waals surface area contributed by atoms with Crippen LogP contribution in [0.3, 0.4) is 0 Å². The van der Waals surface area contributed by atoms with Gasteiger partial charge in [-0.25, -0.2) is 0 Å². The molecule has 1 saturated heterocycles. The lowest BCUT2D eigenvalue weighted by Crippen LogP contribution is -2.51. The molecule has 0 spiro atoms. The summed E-state index contributed by atoms with van der Waals surface area (Å²) < 4.78 is 0. The van der Waals surface area contributed by atoms with Gasteiger partial charge in [0, 0.05) is 11.6 Å². The first-order valence-corrected chi connectivity index (χ1v) is 9.87. The van der Waals surface area contributed by atoms with Gasteiger partial charge < -0.3 is 16.0 Å². The van der Waals surface area contributed by atoms with Gasteiger partial charge in [-0.1, -0.05) is 17.7 Å². The van der Waals surface area contributed by atoms with E-state index in [1.807, 2.05) is 31.4 Å². The van der Waals surface area contributed by atoms with Crippen LogP contribution < -0.4 is 16.0 Å². The number of amides is 2. The lowest BCUT2D eigenvalue weighted by atomic mass is 10.1. The second kappa shape index (κ2) is 9.69. The molecule has 5 nitrogen and oxygen atoms in total. The maximum Gasteiger partial charge on any atom is 0.251 e. The molecule has 132 valence electrons. The Bertz CT molecular complexity index is 559. The van der Waals surface area contributed by atoms with Gasteiger partial charge in [0.1, 0.15) is 6.04 Å². The summed E-state index contributed by atoms with van der Waals surface area (Å²) in [4.78, 5) is 25.1. The van der Waals surface area contributed by atoms with Gasteiger partial charge in [-0.3, -0.25) is 9.59 Å². The minimum Gasteiger partial charge on any atom is -0.351 e. The quantitative estimate of drug-likeness (QED) is 0.701. The molecule has 6 heteroatoms. The molecule has 0 aromatic heterocycles. The normalized spacial score (nSPS) is 16.4. The maximum absolute atomic E-state index is 12.6. The minimum absolute atomic E-state index is 0.0723. The van der Waals surface area contributed by atoms with Crippen LogP contribution in [-0.2, 0) is 4.79 Å². The van der Waals surface area contributed by atoms with Gasteiger partial charge in [0.05, 0.1) is 0 Å². The molecule has 1 aliphatic rings. The standard InChI is InChI=1S/C18H27N3O2S/c1-13-4-3-5-14(12-13)17(22)21-16(8-11-24-2)18(23)20-15-6-9-19-10-7-15/h3-5,12,15-16,19H,6-11H2,1-2H3,(H,20,23)(H,21,22). The van der Waals surface area contributed by atoms with Gasteiger partial charge in [-0.15, -0.1) is 0 Å². The van der Waals surface area contributed by atoms with E-state index < -0.39 is 6.04 Å². The van der Waals surface area contributed by atoms with Gasteiger partial charge in [-0.05, 0) is 63.4 Å². The lowest BCUT2D eigenvalue weighted by molar-refractivity contribution is -0.123. The Hall–Kier alpha value is -1.53. The summed E-state index contributed by atoms with van der Waals surface area (Å²) in [6.07, 6.45) is 4.51. The van der Waals surface area contributed by atoms with Gasteiger partial charge >= 0.3 is 0 Å². The highest BCUT2D eigenvalue weighted by Gasteiger charge is 2.24. The molecule has 1 aromatic carbocycles. The first kappa shape index (κ1) is 18.8. The molecule has 3 N–H and O–H groups in total. The zero-order valence-electron chi connectivity index (χ0n) is 14.4. The Morgan fingerprint density at radius 1 is 1.33 bits per heavy atom. The third-order valence-corrected chi connectivity index (χ3v) is 4.84. The highest BCUT2D eigenvalue weighted by Crippen LogP contribution is 2.08. The van der Waals surface area contributed by atoms with Gasteiger partial charge in [0.25, 0.3) is 5.91 Å². The fourth-order valence-electron chi connectivity index (χ4n) is 2.80. The predicted molar refractivity (Wildman–Crippen MR) is 99.5 cm³/mol. The van der Waals surface area contributed by atoms with Crippen molar-refractivity contribution < 1.29 is 9.59 Å². The smallest absolute Gasteiger partial charge is 0.251 e.